The lowest BCUT2D eigenvalue weighted by atomic mass is 10.2. The van der Waals surface area contributed by atoms with Crippen molar-refractivity contribution in [3.05, 3.63) is 53.3 Å². The van der Waals surface area contributed by atoms with Gasteiger partial charge in [-0.2, -0.15) is 0 Å². The van der Waals surface area contributed by atoms with Crippen LogP contribution in [0.3, 0.4) is 0 Å². The summed E-state index contributed by atoms with van der Waals surface area (Å²) in [5.74, 6) is 0. The Kier molecular flexibility index (Phi) is 4.22. The van der Waals surface area contributed by atoms with Crippen molar-refractivity contribution in [2.45, 2.75) is 4.90 Å². The van der Waals surface area contributed by atoms with Gasteiger partial charge in [0.1, 0.15) is 9.88 Å². The molecule has 0 bridgehead atoms. The summed E-state index contributed by atoms with van der Waals surface area (Å²) < 4.78 is 27.0. The van der Waals surface area contributed by atoms with Crippen molar-refractivity contribution < 1.29 is 8.42 Å². The summed E-state index contributed by atoms with van der Waals surface area (Å²) in [7, 11) is -3.84. The molecule has 2 rings (SSSR count). The van der Waals surface area contributed by atoms with E-state index < -0.39 is 10.0 Å². The minimum absolute atomic E-state index is 0.0846. The third kappa shape index (κ3) is 3.24. The molecule has 8 heteroatoms. The van der Waals surface area contributed by atoms with Crippen LogP contribution in [0.4, 0.5) is 5.69 Å². The highest BCUT2D eigenvalue weighted by Gasteiger charge is 2.19. The largest absolute Gasteiger partial charge is 0.389 e. The smallest absolute Gasteiger partial charge is 0.263 e. The molecule has 0 aliphatic heterocycles. The van der Waals surface area contributed by atoms with Gasteiger partial charge in [-0.05, 0) is 24.3 Å². The number of rotatable bonds is 4. The Morgan fingerprint density at radius 1 is 1.35 bits per heavy atom. The molecule has 0 atom stereocenters. The lowest BCUT2D eigenvalue weighted by Gasteiger charge is -2.10. The molecule has 0 unspecified atom stereocenters. The van der Waals surface area contributed by atoms with Gasteiger partial charge in [-0.25, -0.2) is 8.42 Å². The quantitative estimate of drug-likeness (QED) is 0.841. The predicted molar refractivity (Wildman–Crippen MR) is 82.4 cm³/mol. The molecule has 0 radical (unpaired) electrons. The van der Waals surface area contributed by atoms with Gasteiger partial charge in [0.25, 0.3) is 10.0 Å². The number of nitrogens with one attached hydrogen (secondary N) is 1. The molecule has 104 valence electrons. The first-order chi connectivity index (χ1) is 9.40. The second-order valence-corrected chi connectivity index (χ2v) is 6.35. The monoisotopic (exact) mass is 327 g/mol. The zero-order valence-electron chi connectivity index (χ0n) is 10.1. The Bertz CT molecular complexity index is 749. The van der Waals surface area contributed by atoms with Crippen molar-refractivity contribution >= 4 is 44.5 Å². The van der Waals surface area contributed by atoms with Gasteiger partial charge in [0.2, 0.25) is 0 Å². The van der Waals surface area contributed by atoms with E-state index in [0.717, 1.165) is 0 Å². The van der Waals surface area contributed by atoms with E-state index >= 15 is 0 Å². The maximum Gasteiger partial charge on any atom is 0.263 e. The van der Waals surface area contributed by atoms with Crippen LogP contribution < -0.4 is 10.5 Å². The third-order valence-electron chi connectivity index (χ3n) is 2.42. The number of sulfonamides is 1. The van der Waals surface area contributed by atoms with Crippen molar-refractivity contribution in [2.24, 2.45) is 5.73 Å². The Balaban J connectivity index is 2.44. The lowest BCUT2D eigenvalue weighted by Crippen LogP contribution is -2.16. The number of hydrogen-bond donors (Lipinski definition) is 2. The highest BCUT2D eigenvalue weighted by atomic mass is 35.5. The van der Waals surface area contributed by atoms with Crippen molar-refractivity contribution in [1.82, 2.24) is 4.98 Å². The maximum atomic E-state index is 12.3. The second kappa shape index (κ2) is 5.74. The molecule has 1 aromatic heterocycles. The van der Waals surface area contributed by atoms with Gasteiger partial charge >= 0.3 is 0 Å². The van der Waals surface area contributed by atoms with Gasteiger partial charge in [-0.15, -0.1) is 0 Å². The van der Waals surface area contributed by atoms with Gasteiger partial charge in [0.15, 0.2) is 0 Å². The average Bonchev–Trinajstić information content (AvgIpc) is 2.39. The Labute approximate surface area is 126 Å². The molecular weight excluding hydrogens is 318 g/mol. The number of benzene rings is 1. The van der Waals surface area contributed by atoms with Crippen molar-refractivity contribution in [3.8, 4) is 0 Å². The normalized spacial score (nSPS) is 11.1. The van der Waals surface area contributed by atoms with E-state index in [0.29, 0.717) is 11.3 Å². The van der Waals surface area contributed by atoms with Crippen molar-refractivity contribution in [2.75, 3.05) is 4.72 Å². The summed E-state index contributed by atoms with van der Waals surface area (Å²) in [6, 6.07) is 7.53. The highest BCUT2D eigenvalue weighted by molar-refractivity contribution is 7.92. The molecule has 0 saturated heterocycles. The number of nitrogens with zero attached hydrogens (tertiary/aromatic N) is 1. The van der Waals surface area contributed by atoms with Gasteiger partial charge in [0, 0.05) is 11.8 Å². The average molecular weight is 328 g/mol. The van der Waals surface area contributed by atoms with Crippen LogP contribution in [0.5, 0.6) is 0 Å². The summed E-state index contributed by atoms with van der Waals surface area (Å²) in [5.41, 5.74) is 6.26. The van der Waals surface area contributed by atoms with Crippen LogP contribution in [-0.4, -0.2) is 18.4 Å². The van der Waals surface area contributed by atoms with Gasteiger partial charge in [-0.1, -0.05) is 29.9 Å². The van der Waals surface area contributed by atoms with Crippen LogP contribution in [0.15, 0.2) is 47.6 Å². The van der Waals surface area contributed by atoms with Crippen LogP contribution in [0.2, 0.25) is 5.02 Å². The fraction of sp³-hybridized carbons (Fsp3) is 0. The van der Waals surface area contributed by atoms with Crippen LogP contribution in [0.1, 0.15) is 5.56 Å². The molecule has 1 aromatic carbocycles. The molecule has 0 fully saturated rings. The van der Waals surface area contributed by atoms with Crippen LogP contribution in [-0.2, 0) is 10.0 Å². The number of hydrogen-bond acceptors (Lipinski definition) is 4. The van der Waals surface area contributed by atoms with Crippen molar-refractivity contribution in [3.63, 3.8) is 0 Å². The fourth-order valence-electron chi connectivity index (χ4n) is 1.50. The number of pyridine rings is 1. The lowest BCUT2D eigenvalue weighted by molar-refractivity contribution is 0.601. The molecule has 0 aliphatic rings. The number of anilines is 1. The van der Waals surface area contributed by atoms with Crippen LogP contribution in [0, 0.1) is 0 Å². The number of aromatic nitrogens is 1. The minimum atomic E-state index is -3.84. The molecular formula is C12H10ClN3O2S2. The first-order valence-electron chi connectivity index (χ1n) is 5.42. The molecule has 0 saturated carbocycles. The standard InChI is InChI=1S/C12H10ClN3O2S2/c13-10-4-3-8(12(14)19)6-11(10)20(17,18)16-9-2-1-5-15-7-9/h1-7,16H,(H2,14,19). The van der Waals surface area contributed by atoms with E-state index in [1.807, 2.05) is 0 Å². The maximum absolute atomic E-state index is 12.3. The summed E-state index contributed by atoms with van der Waals surface area (Å²) in [4.78, 5) is 3.84. The SMILES string of the molecule is NC(=S)c1ccc(Cl)c(S(=O)(=O)Nc2cccnc2)c1. The zero-order valence-corrected chi connectivity index (χ0v) is 12.5. The van der Waals surface area contributed by atoms with E-state index in [2.05, 4.69) is 9.71 Å². The van der Waals surface area contributed by atoms with E-state index in [1.54, 1.807) is 18.2 Å². The number of thiocarbonyl (C=S) groups is 1. The third-order valence-corrected chi connectivity index (χ3v) is 4.52. The Morgan fingerprint density at radius 3 is 2.70 bits per heavy atom. The molecule has 0 aliphatic carbocycles. The van der Waals surface area contributed by atoms with E-state index in [9.17, 15) is 8.42 Å². The predicted octanol–water partition coefficient (Wildman–Crippen LogP) is 2.17. The number of halogens is 1. The molecule has 2 aromatic rings. The zero-order chi connectivity index (χ0) is 14.8. The number of nitrogens with two attached hydrogens (primary N) is 1. The van der Waals surface area contributed by atoms with Crippen LogP contribution in [0.25, 0.3) is 0 Å². The summed E-state index contributed by atoms with van der Waals surface area (Å²) in [6.45, 7) is 0. The Morgan fingerprint density at radius 2 is 2.10 bits per heavy atom. The van der Waals surface area contributed by atoms with E-state index in [-0.39, 0.29) is 14.9 Å². The molecule has 0 amide bonds. The summed E-state index contributed by atoms with van der Waals surface area (Å²) >= 11 is 10.8. The summed E-state index contributed by atoms with van der Waals surface area (Å²) in [6.07, 6.45) is 2.93. The minimum Gasteiger partial charge on any atom is -0.389 e. The van der Waals surface area contributed by atoms with Crippen molar-refractivity contribution in [1.29, 1.82) is 0 Å². The summed E-state index contributed by atoms with van der Waals surface area (Å²) in [5, 5.41) is 0.0846. The molecule has 3 N–H and O–H groups in total. The van der Waals surface area contributed by atoms with E-state index in [4.69, 9.17) is 29.6 Å². The van der Waals surface area contributed by atoms with Gasteiger partial charge < -0.3 is 5.73 Å². The first kappa shape index (κ1) is 14.7. The molecule has 1 heterocycles. The fourth-order valence-corrected chi connectivity index (χ4v) is 3.19. The molecule has 20 heavy (non-hydrogen) atoms. The second-order valence-electron chi connectivity index (χ2n) is 3.86. The topological polar surface area (TPSA) is 85.1 Å². The van der Waals surface area contributed by atoms with E-state index in [1.165, 1.54) is 24.5 Å². The molecule has 5 nitrogen and oxygen atoms in total. The van der Waals surface area contributed by atoms with Gasteiger partial charge in [0.05, 0.1) is 16.9 Å². The van der Waals surface area contributed by atoms with Crippen LogP contribution >= 0.6 is 23.8 Å². The highest BCUT2D eigenvalue weighted by Crippen LogP contribution is 2.24. The first-order valence-corrected chi connectivity index (χ1v) is 7.69. The Hall–Kier alpha value is -1.70. The van der Waals surface area contributed by atoms with Gasteiger partial charge in [-0.3, -0.25) is 9.71 Å². The molecule has 0 spiro atoms.